The number of benzene rings is 1. The molecule has 8 nitrogen and oxygen atoms in total. The lowest BCUT2D eigenvalue weighted by Gasteiger charge is -2.35. The molecule has 3 rings (SSSR count). The van der Waals surface area contributed by atoms with Crippen molar-refractivity contribution < 1.29 is 14.1 Å². The number of piperidine rings is 1. The number of hydrogen-bond donors (Lipinski definition) is 1. The number of carbonyl (C=O) groups is 2. The van der Waals surface area contributed by atoms with Crippen LogP contribution in [0.5, 0.6) is 0 Å². The fourth-order valence-corrected chi connectivity index (χ4v) is 3.74. The third-order valence-corrected chi connectivity index (χ3v) is 5.80. The van der Waals surface area contributed by atoms with E-state index in [2.05, 4.69) is 15.5 Å². The predicted octanol–water partition coefficient (Wildman–Crippen LogP) is 4.25. The quantitative estimate of drug-likeness (QED) is 0.700. The van der Waals surface area contributed by atoms with Gasteiger partial charge >= 0.3 is 6.03 Å². The molecule has 2 amide bonds. The summed E-state index contributed by atoms with van der Waals surface area (Å²) in [4.78, 5) is 32.4. The predicted molar refractivity (Wildman–Crippen MR) is 119 cm³/mol. The average Bonchev–Trinajstić information content (AvgIpc) is 3.27. The summed E-state index contributed by atoms with van der Waals surface area (Å²) in [5, 5.41) is 16.0. The molecule has 2 heterocycles. The summed E-state index contributed by atoms with van der Waals surface area (Å²) >= 11 is 0. The monoisotopic (exact) mass is 437 g/mol. The number of rotatable bonds is 5. The molecule has 1 saturated heterocycles. The Hall–Kier alpha value is -3.21. The van der Waals surface area contributed by atoms with E-state index in [-0.39, 0.29) is 23.7 Å². The van der Waals surface area contributed by atoms with Crippen molar-refractivity contribution in [2.45, 2.75) is 65.3 Å². The summed E-state index contributed by atoms with van der Waals surface area (Å²) in [6.07, 6.45) is 1.47. The van der Waals surface area contributed by atoms with Crippen LogP contribution in [0.4, 0.5) is 4.79 Å². The molecule has 1 fully saturated rings. The molecule has 2 aromatic rings. The minimum Gasteiger partial charge on any atom is -0.339 e. The Balaban J connectivity index is 1.64. The van der Waals surface area contributed by atoms with Gasteiger partial charge in [-0.1, -0.05) is 51.9 Å². The van der Waals surface area contributed by atoms with Gasteiger partial charge in [-0.15, -0.1) is 0 Å². The highest BCUT2D eigenvalue weighted by Gasteiger charge is 2.35. The number of nitriles is 1. The number of aromatic nitrogens is 2. The zero-order chi connectivity index (χ0) is 23.5. The van der Waals surface area contributed by atoms with Crippen LogP contribution in [0, 0.1) is 16.7 Å². The number of carbonyl (C=O) groups excluding carboxylic acids is 2. The number of hydrogen-bond acceptors (Lipinski definition) is 6. The molecule has 1 aliphatic rings. The lowest BCUT2D eigenvalue weighted by atomic mass is 9.82. The van der Waals surface area contributed by atoms with E-state index in [1.54, 1.807) is 29.2 Å². The van der Waals surface area contributed by atoms with E-state index >= 15 is 0 Å². The fraction of sp³-hybridized carbons (Fsp3) is 0.542. The van der Waals surface area contributed by atoms with Gasteiger partial charge in [-0.25, -0.2) is 4.79 Å². The lowest BCUT2D eigenvalue weighted by molar-refractivity contribution is 0.0858. The molecule has 0 saturated carbocycles. The minimum absolute atomic E-state index is 0.137. The van der Waals surface area contributed by atoms with Crippen molar-refractivity contribution in [3.05, 3.63) is 47.1 Å². The van der Waals surface area contributed by atoms with Gasteiger partial charge in [0.2, 0.25) is 5.89 Å². The van der Waals surface area contributed by atoms with Crippen molar-refractivity contribution in [2.24, 2.45) is 5.41 Å². The van der Waals surface area contributed by atoms with E-state index in [1.165, 1.54) is 0 Å². The van der Waals surface area contributed by atoms with Gasteiger partial charge in [-0.3, -0.25) is 4.79 Å². The topological polar surface area (TPSA) is 112 Å². The molecule has 0 aliphatic carbocycles. The van der Waals surface area contributed by atoms with E-state index in [9.17, 15) is 9.59 Å². The number of ketones is 1. The highest BCUT2D eigenvalue weighted by Crippen LogP contribution is 2.28. The van der Waals surface area contributed by atoms with Gasteiger partial charge < -0.3 is 14.7 Å². The van der Waals surface area contributed by atoms with E-state index in [0.29, 0.717) is 35.9 Å². The second-order valence-corrected chi connectivity index (χ2v) is 9.71. The molecule has 1 aliphatic heterocycles. The van der Waals surface area contributed by atoms with E-state index in [0.717, 1.165) is 12.8 Å². The third kappa shape index (κ3) is 5.34. The van der Waals surface area contributed by atoms with Gasteiger partial charge in [-0.2, -0.15) is 10.2 Å². The zero-order valence-corrected chi connectivity index (χ0v) is 19.4. The average molecular weight is 438 g/mol. The van der Waals surface area contributed by atoms with Gasteiger partial charge in [0.1, 0.15) is 0 Å². The first-order valence-corrected chi connectivity index (χ1v) is 11.0. The van der Waals surface area contributed by atoms with E-state index < -0.39 is 11.5 Å². The van der Waals surface area contributed by atoms with Crippen LogP contribution < -0.4 is 5.32 Å². The number of likely N-dealkylation sites (tertiary alicyclic amines) is 1. The van der Waals surface area contributed by atoms with Crippen molar-refractivity contribution in [3.63, 3.8) is 0 Å². The number of nitrogens with zero attached hydrogens (tertiary/aromatic N) is 4. The second kappa shape index (κ2) is 9.51. The molecule has 8 heteroatoms. The van der Waals surface area contributed by atoms with Crippen molar-refractivity contribution in [3.8, 4) is 6.07 Å². The second-order valence-electron chi connectivity index (χ2n) is 9.71. The summed E-state index contributed by atoms with van der Waals surface area (Å²) in [6, 6.07) is 7.60. The summed E-state index contributed by atoms with van der Waals surface area (Å²) in [5.41, 5.74) is 0.485. The SMILES string of the molecule is CC(C)c1noc(C2CCN(C(=O)NC(C(=O)c3ccc(C#N)cc3)C(C)(C)C)CC2)n1. The number of urea groups is 1. The Morgan fingerprint density at radius 3 is 2.31 bits per heavy atom. The van der Waals surface area contributed by atoms with Crippen LogP contribution in [0.25, 0.3) is 0 Å². The van der Waals surface area contributed by atoms with Gasteiger partial charge in [0.15, 0.2) is 11.6 Å². The molecule has 1 unspecified atom stereocenters. The Labute approximate surface area is 189 Å². The molecule has 1 aromatic heterocycles. The largest absolute Gasteiger partial charge is 0.339 e. The summed E-state index contributed by atoms with van der Waals surface area (Å²) in [6.45, 7) is 10.9. The van der Waals surface area contributed by atoms with Crippen molar-refractivity contribution in [1.29, 1.82) is 5.26 Å². The highest BCUT2D eigenvalue weighted by atomic mass is 16.5. The molecular formula is C24H31N5O3. The zero-order valence-electron chi connectivity index (χ0n) is 19.4. The molecule has 0 bridgehead atoms. The van der Waals surface area contributed by atoms with Crippen LogP contribution in [-0.2, 0) is 0 Å². The Morgan fingerprint density at radius 2 is 1.81 bits per heavy atom. The standard InChI is InChI=1S/C24H31N5O3/c1-15(2)21-27-22(32-28-21)18-10-12-29(13-11-18)23(31)26-20(24(3,4)5)19(30)17-8-6-16(14-25)7-9-17/h6-9,15,18,20H,10-13H2,1-5H3,(H,26,31). The molecule has 170 valence electrons. The van der Waals surface area contributed by atoms with Crippen LogP contribution >= 0.6 is 0 Å². The molecule has 32 heavy (non-hydrogen) atoms. The summed E-state index contributed by atoms with van der Waals surface area (Å²) in [5.74, 6) is 1.52. The molecule has 1 N–H and O–H groups in total. The van der Waals surface area contributed by atoms with Gasteiger partial charge in [0, 0.05) is 30.5 Å². The third-order valence-electron chi connectivity index (χ3n) is 5.80. The number of Topliss-reactive ketones (excluding diaryl/α,β-unsaturated/α-hetero) is 1. The number of amides is 2. The van der Waals surface area contributed by atoms with Crippen molar-refractivity contribution in [1.82, 2.24) is 20.4 Å². The van der Waals surface area contributed by atoms with E-state index in [1.807, 2.05) is 40.7 Å². The van der Waals surface area contributed by atoms with Crippen LogP contribution in [0.15, 0.2) is 28.8 Å². The fourth-order valence-electron chi connectivity index (χ4n) is 3.74. The molecule has 1 atom stereocenters. The van der Waals surface area contributed by atoms with Gasteiger partial charge in [-0.05, 0) is 30.4 Å². The maximum Gasteiger partial charge on any atom is 0.318 e. The maximum absolute atomic E-state index is 13.2. The van der Waals surface area contributed by atoms with Crippen LogP contribution in [0.3, 0.4) is 0 Å². The number of nitrogens with one attached hydrogen (secondary N) is 1. The lowest BCUT2D eigenvalue weighted by Crippen LogP contribution is -2.54. The summed E-state index contributed by atoms with van der Waals surface area (Å²) in [7, 11) is 0. The van der Waals surface area contributed by atoms with Crippen LogP contribution in [0.2, 0.25) is 0 Å². The molecule has 0 spiro atoms. The minimum atomic E-state index is -0.690. The van der Waals surface area contributed by atoms with Crippen molar-refractivity contribution in [2.75, 3.05) is 13.1 Å². The first-order valence-electron chi connectivity index (χ1n) is 11.0. The normalized spacial score (nSPS) is 16.0. The van der Waals surface area contributed by atoms with Gasteiger partial charge in [0.05, 0.1) is 17.7 Å². The van der Waals surface area contributed by atoms with Crippen LogP contribution in [-0.4, -0.2) is 46.0 Å². The van der Waals surface area contributed by atoms with Gasteiger partial charge in [0.25, 0.3) is 0 Å². The van der Waals surface area contributed by atoms with Crippen LogP contribution in [0.1, 0.15) is 86.9 Å². The Bertz CT molecular complexity index is 990. The summed E-state index contributed by atoms with van der Waals surface area (Å²) < 4.78 is 5.42. The Kier molecular flexibility index (Phi) is 6.97. The van der Waals surface area contributed by atoms with Crippen molar-refractivity contribution >= 4 is 11.8 Å². The Morgan fingerprint density at radius 1 is 1.19 bits per heavy atom. The first-order chi connectivity index (χ1) is 15.1. The first kappa shape index (κ1) is 23.5. The molecular weight excluding hydrogens is 406 g/mol. The smallest absolute Gasteiger partial charge is 0.318 e. The molecule has 0 radical (unpaired) electrons. The highest BCUT2D eigenvalue weighted by molar-refractivity contribution is 6.02. The molecule has 1 aromatic carbocycles. The maximum atomic E-state index is 13.2. The van der Waals surface area contributed by atoms with E-state index in [4.69, 9.17) is 9.78 Å².